The first-order chi connectivity index (χ1) is 25.1. The maximum Gasteiger partial charge on any atom is 2.00 e. The molecule has 260 valence electrons. The third-order valence-corrected chi connectivity index (χ3v) is 8.23. The summed E-state index contributed by atoms with van der Waals surface area (Å²) in [5.41, 5.74) is 6.28. The molecule has 0 aliphatic rings. The summed E-state index contributed by atoms with van der Waals surface area (Å²) in [4.78, 5) is 22.9. The van der Waals surface area contributed by atoms with E-state index in [1.807, 2.05) is 119 Å². The fourth-order valence-corrected chi connectivity index (χ4v) is 5.87. The minimum atomic E-state index is 0. The summed E-state index contributed by atoms with van der Waals surface area (Å²) >= 11 is 0. The van der Waals surface area contributed by atoms with Crippen LogP contribution in [0.4, 0.5) is 0 Å². The predicted molar refractivity (Wildman–Crippen MR) is 193 cm³/mol. The fourth-order valence-electron chi connectivity index (χ4n) is 5.87. The Morgan fingerprint density at radius 1 is 0.509 bits per heavy atom. The molecule has 0 amide bonds. The van der Waals surface area contributed by atoms with Crippen molar-refractivity contribution in [1.29, 1.82) is 0 Å². The van der Waals surface area contributed by atoms with E-state index >= 15 is 0 Å². The normalized spacial score (nSPS) is 10.8. The maximum absolute atomic E-state index is 6.32. The van der Waals surface area contributed by atoms with E-state index in [1.54, 1.807) is 31.1 Å². The SMILES string of the molecule is Cn1cnc(-c2cnc(-n3c4[c-]c(Oc5[c-]c(-c6ccccn6)ccc5)ccc4c4ccc(Oc5[c-]c(-c6ccccn6)ccc5)[c-]c43)nc2)c1.[Pd+2].[Pd+2]. The van der Waals surface area contributed by atoms with Crippen LogP contribution in [-0.2, 0) is 47.9 Å². The number of hydrogen-bond donors (Lipinski definition) is 0. The molecule has 0 saturated carbocycles. The fraction of sp³-hybridized carbons (Fsp3) is 0.0238. The van der Waals surface area contributed by atoms with Crippen molar-refractivity contribution in [3.05, 3.63) is 159 Å². The molecule has 0 aliphatic carbocycles. The van der Waals surface area contributed by atoms with Gasteiger partial charge in [-0.2, -0.15) is 22.9 Å². The number of imidazole rings is 1. The van der Waals surface area contributed by atoms with Crippen molar-refractivity contribution in [2.75, 3.05) is 0 Å². The molecule has 0 N–H and O–H groups in total. The molecule has 4 aromatic carbocycles. The van der Waals surface area contributed by atoms with Crippen molar-refractivity contribution in [1.82, 2.24) is 34.1 Å². The summed E-state index contributed by atoms with van der Waals surface area (Å²) in [5.74, 6) is 2.52. The first-order valence-electron chi connectivity index (χ1n) is 16.1. The second-order valence-electron chi connectivity index (χ2n) is 11.7. The van der Waals surface area contributed by atoms with Crippen LogP contribution in [0.2, 0.25) is 0 Å². The third-order valence-electron chi connectivity index (χ3n) is 8.23. The van der Waals surface area contributed by atoms with Gasteiger partial charge in [0, 0.05) is 66.6 Å². The monoisotopic (exact) mass is 871 g/mol. The maximum atomic E-state index is 6.32. The first-order valence-corrected chi connectivity index (χ1v) is 16.1. The molecule has 0 bridgehead atoms. The van der Waals surface area contributed by atoms with E-state index in [1.165, 1.54) is 0 Å². The number of nitrogens with zero attached hydrogens (tertiary/aromatic N) is 7. The van der Waals surface area contributed by atoms with Crippen LogP contribution in [0.15, 0.2) is 134 Å². The first kappa shape index (κ1) is 35.6. The number of fused-ring (bicyclic) bond motifs is 3. The van der Waals surface area contributed by atoms with Gasteiger partial charge < -0.3 is 28.6 Å². The van der Waals surface area contributed by atoms with Crippen LogP contribution < -0.4 is 9.47 Å². The van der Waals surface area contributed by atoms with E-state index in [2.05, 4.69) is 39.2 Å². The Kier molecular flexibility index (Phi) is 10.4. The Morgan fingerprint density at radius 2 is 1.04 bits per heavy atom. The molecule has 0 fully saturated rings. The number of benzene rings is 4. The number of aromatic nitrogens is 7. The minimum Gasteiger partial charge on any atom is -0.503 e. The number of ether oxygens (including phenoxy) is 2. The van der Waals surface area contributed by atoms with Gasteiger partial charge in [-0.05, 0) is 23.5 Å². The van der Waals surface area contributed by atoms with Gasteiger partial charge in [-0.15, -0.1) is 71.8 Å². The molecule has 53 heavy (non-hydrogen) atoms. The topological polar surface area (TPSA) is 92.8 Å². The van der Waals surface area contributed by atoms with Crippen molar-refractivity contribution < 1.29 is 50.3 Å². The van der Waals surface area contributed by atoms with Crippen LogP contribution in [0.1, 0.15) is 0 Å². The standard InChI is InChI=1S/C42H25N7O2.2Pd/c1-48-26-39(47-27-48)30-24-45-42(46-25-30)49-40-22-33(50-31-10-6-8-28(20-31)37-12-2-4-18-43-37)14-16-35(40)36-17-15-34(23-41(36)49)51-32-11-7-9-29(21-32)38-13-3-5-19-44-38;;/h2-19,24-27H,1H3;;/q-4;2*+2. The van der Waals surface area contributed by atoms with Gasteiger partial charge in [0.1, 0.15) is 0 Å². The van der Waals surface area contributed by atoms with Crippen LogP contribution >= 0.6 is 0 Å². The van der Waals surface area contributed by atoms with Gasteiger partial charge in [-0.1, -0.05) is 47.4 Å². The molecule has 0 aliphatic heterocycles. The molecular weight excluding hydrogens is 847 g/mol. The molecule has 0 saturated heterocycles. The minimum absolute atomic E-state index is 0. The van der Waals surface area contributed by atoms with Crippen LogP contribution in [0, 0.1) is 24.3 Å². The summed E-state index contributed by atoms with van der Waals surface area (Å²) in [6.07, 6.45) is 10.7. The van der Waals surface area contributed by atoms with Gasteiger partial charge in [-0.3, -0.25) is 0 Å². The number of rotatable bonds is 8. The Hall–Kier alpha value is -5.81. The Bertz CT molecular complexity index is 2520. The summed E-state index contributed by atoms with van der Waals surface area (Å²) < 4.78 is 16.4. The molecule has 5 aromatic heterocycles. The van der Waals surface area contributed by atoms with E-state index in [4.69, 9.17) is 19.4 Å². The smallest absolute Gasteiger partial charge is 0.503 e. The third kappa shape index (κ3) is 7.30. The summed E-state index contributed by atoms with van der Waals surface area (Å²) in [5, 5.41) is 1.85. The van der Waals surface area contributed by atoms with Crippen LogP contribution in [0.3, 0.4) is 0 Å². The quantitative estimate of drug-likeness (QED) is 0.111. The molecule has 5 heterocycles. The second kappa shape index (κ2) is 15.4. The molecule has 0 atom stereocenters. The summed E-state index contributed by atoms with van der Waals surface area (Å²) in [7, 11) is 1.92. The van der Waals surface area contributed by atoms with Crippen LogP contribution in [0.25, 0.3) is 61.5 Å². The molecule has 9 aromatic rings. The van der Waals surface area contributed by atoms with E-state index in [0.29, 0.717) is 40.0 Å². The van der Waals surface area contributed by atoms with Crippen LogP contribution in [0.5, 0.6) is 23.0 Å². The zero-order valence-corrected chi connectivity index (χ0v) is 30.9. The molecule has 0 radical (unpaired) electrons. The van der Waals surface area contributed by atoms with E-state index in [-0.39, 0.29) is 40.8 Å². The molecule has 0 spiro atoms. The van der Waals surface area contributed by atoms with Gasteiger partial charge >= 0.3 is 40.8 Å². The average molecular weight is 873 g/mol. The van der Waals surface area contributed by atoms with E-state index in [0.717, 1.165) is 44.5 Å². The van der Waals surface area contributed by atoms with Crippen molar-refractivity contribution >= 4 is 21.8 Å². The van der Waals surface area contributed by atoms with E-state index in [9.17, 15) is 0 Å². The molecule has 9 rings (SSSR count). The summed E-state index contributed by atoms with van der Waals surface area (Å²) in [6, 6.07) is 44.4. The molecule has 11 heteroatoms. The summed E-state index contributed by atoms with van der Waals surface area (Å²) in [6.45, 7) is 0. The van der Waals surface area contributed by atoms with Gasteiger partial charge in [-0.25, -0.2) is 15.0 Å². The van der Waals surface area contributed by atoms with Gasteiger partial charge in [0.25, 0.3) is 0 Å². The number of hydrogen-bond acceptors (Lipinski definition) is 7. The number of aryl methyl sites for hydroxylation is 1. The predicted octanol–water partition coefficient (Wildman–Crippen LogP) is 8.88. The van der Waals surface area contributed by atoms with Gasteiger partial charge in [0.2, 0.25) is 5.95 Å². The Balaban J connectivity index is 0.00000218. The van der Waals surface area contributed by atoms with Crippen molar-refractivity contribution in [2.45, 2.75) is 0 Å². The van der Waals surface area contributed by atoms with Crippen molar-refractivity contribution in [3.8, 4) is 62.7 Å². The van der Waals surface area contributed by atoms with Crippen LogP contribution in [-0.4, -0.2) is 34.1 Å². The molecule has 0 unspecified atom stereocenters. The largest absolute Gasteiger partial charge is 2.00 e. The average Bonchev–Trinajstić information content (AvgIpc) is 3.76. The zero-order valence-electron chi connectivity index (χ0n) is 27.8. The van der Waals surface area contributed by atoms with E-state index < -0.39 is 0 Å². The second-order valence-corrected chi connectivity index (χ2v) is 11.7. The van der Waals surface area contributed by atoms with Crippen molar-refractivity contribution in [2.24, 2.45) is 7.05 Å². The van der Waals surface area contributed by atoms with Crippen molar-refractivity contribution in [3.63, 3.8) is 0 Å². The molecule has 9 nitrogen and oxygen atoms in total. The zero-order chi connectivity index (χ0) is 34.1. The Labute approximate surface area is 332 Å². The Morgan fingerprint density at radius 3 is 1.51 bits per heavy atom. The van der Waals surface area contributed by atoms with Gasteiger partial charge in [0.15, 0.2) is 0 Å². The number of pyridine rings is 2. The van der Waals surface area contributed by atoms with Gasteiger partial charge in [0.05, 0.1) is 12.0 Å². The molecular formula is C42H25N7O2Pd2.